The highest BCUT2D eigenvalue weighted by atomic mass is 35.5. The molecule has 1 aromatic heterocycles. The summed E-state index contributed by atoms with van der Waals surface area (Å²) in [5.74, 6) is 0.00889. The predicted octanol–water partition coefficient (Wildman–Crippen LogP) is 2.63. The summed E-state index contributed by atoms with van der Waals surface area (Å²) in [6, 6.07) is 7.64. The van der Waals surface area contributed by atoms with Crippen molar-refractivity contribution in [2.45, 2.75) is 19.9 Å². The Morgan fingerprint density at radius 1 is 1.43 bits per heavy atom. The van der Waals surface area contributed by atoms with Crippen molar-refractivity contribution in [2.75, 3.05) is 19.6 Å². The van der Waals surface area contributed by atoms with Gasteiger partial charge in [0.15, 0.2) is 0 Å². The Morgan fingerprint density at radius 3 is 3.00 bits per heavy atom. The largest absolute Gasteiger partial charge is 0.333 e. The van der Waals surface area contributed by atoms with E-state index in [1.165, 1.54) is 0 Å². The van der Waals surface area contributed by atoms with Gasteiger partial charge in [-0.1, -0.05) is 17.7 Å². The number of nitrogens with zero attached hydrogens (tertiary/aromatic N) is 2. The number of rotatable bonds is 1. The molecule has 2 heterocycles. The topological polar surface area (TPSA) is 45.2 Å². The van der Waals surface area contributed by atoms with Gasteiger partial charge in [0.25, 0.3) is 5.91 Å². The van der Waals surface area contributed by atoms with Gasteiger partial charge in [-0.15, -0.1) is 0 Å². The molecule has 1 atom stereocenters. The van der Waals surface area contributed by atoms with Crippen molar-refractivity contribution < 1.29 is 4.79 Å². The lowest BCUT2D eigenvalue weighted by Gasteiger charge is -2.34. The van der Waals surface area contributed by atoms with Gasteiger partial charge >= 0.3 is 0 Å². The van der Waals surface area contributed by atoms with Crippen molar-refractivity contribution in [3.05, 3.63) is 40.5 Å². The van der Waals surface area contributed by atoms with Crippen LogP contribution in [0.4, 0.5) is 0 Å². The molecular formula is C16H18ClN3O. The molecule has 1 aromatic carbocycles. The molecule has 0 unspecified atom stereocenters. The molecule has 3 rings (SSSR count). The van der Waals surface area contributed by atoms with E-state index in [9.17, 15) is 4.79 Å². The fourth-order valence-electron chi connectivity index (χ4n) is 2.76. The normalized spacial score (nSPS) is 19.0. The number of hydrogen-bond donors (Lipinski definition) is 1. The zero-order chi connectivity index (χ0) is 15.0. The van der Waals surface area contributed by atoms with Crippen molar-refractivity contribution >= 4 is 28.4 Å². The summed E-state index contributed by atoms with van der Waals surface area (Å²) in [5, 5.41) is 4.76. The number of amides is 1. The molecule has 0 spiro atoms. The van der Waals surface area contributed by atoms with Crippen LogP contribution in [0, 0.1) is 6.92 Å². The van der Waals surface area contributed by atoms with E-state index in [2.05, 4.69) is 17.2 Å². The van der Waals surface area contributed by atoms with Crippen LogP contribution in [-0.2, 0) is 0 Å². The molecule has 1 saturated heterocycles. The van der Waals surface area contributed by atoms with E-state index in [-0.39, 0.29) is 11.9 Å². The SMILES string of the molecule is Cc1ccc2cc(Cl)cc(C(=O)N3CCNC[C@H]3C)c2n1. The maximum atomic E-state index is 12.9. The zero-order valence-corrected chi connectivity index (χ0v) is 12.9. The molecular weight excluding hydrogens is 286 g/mol. The Balaban J connectivity index is 2.10. The number of fused-ring (bicyclic) bond motifs is 1. The van der Waals surface area contributed by atoms with E-state index in [0.29, 0.717) is 17.1 Å². The van der Waals surface area contributed by atoms with Gasteiger partial charge in [0.2, 0.25) is 0 Å². The molecule has 2 aromatic rings. The summed E-state index contributed by atoms with van der Waals surface area (Å²) >= 11 is 6.17. The van der Waals surface area contributed by atoms with Crippen LogP contribution in [0.2, 0.25) is 5.02 Å². The van der Waals surface area contributed by atoms with Gasteiger partial charge in [0, 0.05) is 41.8 Å². The number of pyridine rings is 1. The van der Waals surface area contributed by atoms with Crippen LogP contribution < -0.4 is 5.32 Å². The van der Waals surface area contributed by atoms with Gasteiger partial charge in [-0.3, -0.25) is 9.78 Å². The minimum absolute atomic E-state index is 0.00889. The quantitative estimate of drug-likeness (QED) is 0.881. The monoisotopic (exact) mass is 303 g/mol. The van der Waals surface area contributed by atoms with E-state index in [1.807, 2.05) is 30.0 Å². The first-order valence-electron chi connectivity index (χ1n) is 7.15. The van der Waals surface area contributed by atoms with E-state index in [1.54, 1.807) is 6.07 Å². The molecule has 0 bridgehead atoms. The first kappa shape index (κ1) is 14.3. The molecule has 0 saturated carbocycles. The summed E-state index contributed by atoms with van der Waals surface area (Å²) in [6.07, 6.45) is 0. The van der Waals surface area contributed by atoms with Crippen LogP contribution in [0.5, 0.6) is 0 Å². The van der Waals surface area contributed by atoms with E-state index >= 15 is 0 Å². The summed E-state index contributed by atoms with van der Waals surface area (Å²) < 4.78 is 0. The minimum Gasteiger partial charge on any atom is -0.333 e. The van der Waals surface area contributed by atoms with Gasteiger partial charge < -0.3 is 10.2 Å². The number of piperazine rings is 1. The Kier molecular flexibility index (Phi) is 3.83. The highest BCUT2D eigenvalue weighted by Crippen LogP contribution is 2.25. The highest BCUT2D eigenvalue weighted by molar-refractivity contribution is 6.32. The summed E-state index contributed by atoms with van der Waals surface area (Å²) in [5.41, 5.74) is 2.22. The van der Waals surface area contributed by atoms with E-state index in [4.69, 9.17) is 11.6 Å². The lowest BCUT2D eigenvalue weighted by molar-refractivity contribution is 0.0657. The number of aromatic nitrogens is 1. The average Bonchev–Trinajstić information content (AvgIpc) is 2.47. The zero-order valence-electron chi connectivity index (χ0n) is 12.2. The molecule has 1 fully saturated rings. The fourth-order valence-corrected chi connectivity index (χ4v) is 2.98. The molecule has 1 aliphatic rings. The van der Waals surface area contributed by atoms with Crippen LogP contribution in [-0.4, -0.2) is 41.5 Å². The number of halogens is 1. The lowest BCUT2D eigenvalue weighted by Crippen LogP contribution is -2.52. The molecule has 0 radical (unpaired) electrons. The third-order valence-corrected chi connectivity index (χ3v) is 4.11. The lowest BCUT2D eigenvalue weighted by atomic mass is 10.1. The summed E-state index contributed by atoms with van der Waals surface area (Å²) in [4.78, 5) is 19.3. The summed E-state index contributed by atoms with van der Waals surface area (Å²) in [6.45, 7) is 6.32. The average molecular weight is 304 g/mol. The van der Waals surface area contributed by atoms with Gasteiger partial charge in [-0.2, -0.15) is 0 Å². The number of nitrogens with one attached hydrogen (secondary N) is 1. The van der Waals surface area contributed by atoms with Crippen molar-refractivity contribution in [3.8, 4) is 0 Å². The summed E-state index contributed by atoms with van der Waals surface area (Å²) in [7, 11) is 0. The first-order chi connectivity index (χ1) is 10.1. The maximum absolute atomic E-state index is 12.9. The van der Waals surface area contributed by atoms with Gasteiger partial charge in [-0.25, -0.2) is 0 Å². The molecule has 21 heavy (non-hydrogen) atoms. The van der Waals surface area contributed by atoms with Crippen molar-refractivity contribution in [3.63, 3.8) is 0 Å². The maximum Gasteiger partial charge on any atom is 0.256 e. The third-order valence-electron chi connectivity index (χ3n) is 3.89. The second-order valence-electron chi connectivity index (χ2n) is 5.53. The Labute approximate surface area is 129 Å². The smallest absolute Gasteiger partial charge is 0.256 e. The standard InChI is InChI=1S/C16H18ClN3O/c1-10-3-4-12-7-13(17)8-14(15(12)19-10)16(21)20-6-5-18-9-11(20)2/h3-4,7-8,11,18H,5-6,9H2,1-2H3/t11-/m1/s1. The second kappa shape index (κ2) is 5.62. The van der Waals surface area contributed by atoms with Crippen molar-refractivity contribution in [2.24, 2.45) is 0 Å². The molecule has 1 amide bonds. The molecule has 1 N–H and O–H groups in total. The van der Waals surface area contributed by atoms with Crippen LogP contribution in [0.25, 0.3) is 10.9 Å². The number of benzene rings is 1. The van der Waals surface area contributed by atoms with Crippen LogP contribution in [0.1, 0.15) is 23.0 Å². The molecule has 0 aliphatic carbocycles. The number of carbonyl (C=O) groups excluding carboxylic acids is 1. The Hall–Kier alpha value is -1.65. The predicted molar refractivity (Wildman–Crippen MR) is 84.9 cm³/mol. The Bertz CT molecular complexity index is 701. The molecule has 1 aliphatic heterocycles. The van der Waals surface area contributed by atoms with E-state index in [0.717, 1.165) is 29.7 Å². The second-order valence-corrected chi connectivity index (χ2v) is 5.97. The number of hydrogen-bond acceptors (Lipinski definition) is 3. The minimum atomic E-state index is 0.00889. The van der Waals surface area contributed by atoms with Crippen LogP contribution >= 0.6 is 11.6 Å². The highest BCUT2D eigenvalue weighted by Gasteiger charge is 2.26. The number of carbonyl (C=O) groups is 1. The van der Waals surface area contributed by atoms with Gasteiger partial charge in [0.1, 0.15) is 0 Å². The van der Waals surface area contributed by atoms with Crippen LogP contribution in [0.3, 0.4) is 0 Å². The van der Waals surface area contributed by atoms with Crippen molar-refractivity contribution in [1.82, 2.24) is 15.2 Å². The molecule has 110 valence electrons. The fraction of sp³-hybridized carbons (Fsp3) is 0.375. The van der Waals surface area contributed by atoms with E-state index < -0.39 is 0 Å². The first-order valence-corrected chi connectivity index (χ1v) is 7.52. The van der Waals surface area contributed by atoms with Crippen molar-refractivity contribution in [1.29, 1.82) is 0 Å². The molecule has 5 heteroatoms. The van der Waals surface area contributed by atoms with Gasteiger partial charge in [-0.05, 0) is 32.0 Å². The number of aryl methyl sites for hydroxylation is 1. The van der Waals surface area contributed by atoms with Gasteiger partial charge in [0.05, 0.1) is 11.1 Å². The Morgan fingerprint density at radius 2 is 2.24 bits per heavy atom. The molecule has 4 nitrogen and oxygen atoms in total. The third kappa shape index (κ3) is 2.74. The van der Waals surface area contributed by atoms with Crippen LogP contribution in [0.15, 0.2) is 24.3 Å².